The first kappa shape index (κ1) is 20.3. The van der Waals surface area contributed by atoms with Crippen molar-refractivity contribution in [3.63, 3.8) is 0 Å². The van der Waals surface area contributed by atoms with Crippen LogP contribution in [0.25, 0.3) is 0 Å². The molecule has 0 saturated heterocycles. The topological polar surface area (TPSA) is 88.1 Å². The summed E-state index contributed by atoms with van der Waals surface area (Å²) in [6.07, 6.45) is -0.649. The van der Waals surface area contributed by atoms with Gasteiger partial charge in [0.25, 0.3) is 5.91 Å². The SMILES string of the molecule is CC(C)NC(=O)COC(=O)C1=NN(c2c(F)c(F)cc(F)c2F)C(=O)CC1. The number of amides is 2. The number of benzene rings is 1. The molecule has 146 valence electrons. The summed E-state index contributed by atoms with van der Waals surface area (Å²) in [5.74, 6) is -9.81. The van der Waals surface area contributed by atoms with Gasteiger partial charge >= 0.3 is 5.97 Å². The molecule has 1 heterocycles. The Morgan fingerprint density at radius 1 is 1.19 bits per heavy atom. The van der Waals surface area contributed by atoms with Gasteiger partial charge in [0.1, 0.15) is 11.4 Å². The number of hydrazone groups is 1. The van der Waals surface area contributed by atoms with Crippen molar-refractivity contribution in [1.82, 2.24) is 5.32 Å². The quantitative estimate of drug-likeness (QED) is 0.473. The van der Waals surface area contributed by atoms with Gasteiger partial charge in [0.05, 0.1) is 0 Å². The minimum absolute atomic E-state index is 0.0190. The number of ether oxygens (including phenoxy) is 1. The Morgan fingerprint density at radius 3 is 2.33 bits per heavy atom. The number of nitrogens with zero attached hydrogens (tertiary/aromatic N) is 2. The molecule has 0 radical (unpaired) electrons. The molecular formula is C16H15F4N3O4. The smallest absolute Gasteiger partial charge is 0.355 e. The average Bonchev–Trinajstić information content (AvgIpc) is 2.59. The van der Waals surface area contributed by atoms with Crippen molar-refractivity contribution in [2.24, 2.45) is 5.10 Å². The second-order valence-corrected chi connectivity index (χ2v) is 5.87. The Bertz CT molecular complexity index is 800. The molecule has 2 amide bonds. The highest BCUT2D eigenvalue weighted by Gasteiger charge is 2.33. The number of hydrogen-bond acceptors (Lipinski definition) is 5. The number of nitrogens with one attached hydrogen (secondary N) is 1. The Hall–Kier alpha value is -2.98. The number of anilines is 1. The largest absolute Gasteiger partial charge is 0.451 e. The second kappa shape index (κ2) is 8.14. The summed E-state index contributed by atoms with van der Waals surface area (Å²) in [7, 11) is 0. The molecule has 0 bridgehead atoms. The van der Waals surface area contributed by atoms with Crippen LogP contribution in [0.2, 0.25) is 0 Å². The second-order valence-electron chi connectivity index (χ2n) is 5.87. The van der Waals surface area contributed by atoms with E-state index in [-0.39, 0.29) is 23.5 Å². The lowest BCUT2D eigenvalue weighted by Crippen LogP contribution is -2.38. The number of hydrogen-bond donors (Lipinski definition) is 1. The summed E-state index contributed by atoms with van der Waals surface area (Å²) >= 11 is 0. The van der Waals surface area contributed by atoms with E-state index in [1.54, 1.807) is 13.8 Å². The standard InChI is InChI=1S/C16H15F4N3O4/c1-7(2)21-11(24)6-27-16(26)10-3-4-12(25)23(22-10)15-13(19)8(17)5-9(18)14(15)20/h5,7H,3-4,6H2,1-2H3,(H,21,24). The van der Waals surface area contributed by atoms with Crippen LogP contribution in [0.5, 0.6) is 0 Å². The van der Waals surface area contributed by atoms with Gasteiger partial charge in [0.15, 0.2) is 29.9 Å². The number of carbonyl (C=O) groups is 3. The Labute approximate surface area is 151 Å². The molecule has 2 rings (SSSR count). The maximum Gasteiger partial charge on any atom is 0.355 e. The van der Waals surface area contributed by atoms with Gasteiger partial charge in [-0.05, 0) is 13.8 Å². The molecule has 1 aromatic carbocycles. The van der Waals surface area contributed by atoms with E-state index in [1.165, 1.54) is 0 Å². The Kier molecular flexibility index (Phi) is 6.13. The minimum Gasteiger partial charge on any atom is -0.451 e. The van der Waals surface area contributed by atoms with Crippen molar-refractivity contribution in [1.29, 1.82) is 0 Å². The molecule has 7 nitrogen and oxygen atoms in total. The predicted octanol–water partition coefficient (Wildman–Crippen LogP) is 1.79. The third-order valence-corrected chi connectivity index (χ3v) is 3.35. The van der Waals surface area contributed by atoms with Gasteiger partial charge in [-0.15, -0.1) is 0 Å². The van der Waals surface area contributed by atoms with E-state index in [0.717, 1.165) is 0 Å². The molecule has 1 aliphatic rings. The van der Waals surface area contributed by atoms with Crippen LogP contribution < -0.4 is 10.3 Å². The number of halogens is 4. The van der Waals surface area contributed by atoms with Crippen LogP contribution in [0, 0.1) is 23.3 Å². The summed E-state index contributed by atoms with van der Waals surface area (Å²) < 4.78 is 59.2. The lowest BCUT2D eigenvalue weighted by Gasteiger charge is -2.23. The van der Waals surface area contributed by atoms with E-state index in [0.29, 0.717) is 0 Å². The summed E-state index contributed by atoms with van der Waals surface area (Å²) in [6.45, 7) is 2.74. The fraction of sp³-hybridized carbons (Fsp3) is 0.375. The highest BCUT2D eigenvalue weighted by molar-refractivity contribution is 6.38. The lowest BCUT2D eigenvalue weighted by molar-refractivity contribution is -0.142. The first-order chi connectivity index (χ1) is 12.6. The molecule has 0 spiro atoms. The van der Waals surface area contributed by atoms with Crippen LogP contribution in [0.15, 0.2) is 11.2 Å². The molecule has 1 aromatic rings. The molecule has 0 unspecified atom stereocenters. The third kappa shape index (κ3) is 4.60. The van der Waals surface area contributed by atoms with E-state index >= 15 is 0 Å². The van der Waals surface area contributed by atoms with Gasteiger partial charge in [-0.2, -0.15) is 10.1 Å². The van der Waals surface area contributed by atoms with Crippen molar-refractivity contribution in [3.05, 3.63) is 29.3 Å². The van der Waals surface area contributed by atoms with Gasteiger partial charge in [-0.1, -0.05) is 0 Å². The summed E-state index contributed by atoms with van der Waals surface area (Å²) in [6, 6.07) is -0.209. The zero-order chi connectivity index (χ0) is 20.3. The normalized spacial score (nSPS) is 14.3. The maximum absolute atomic E-state index is 13.9. The Morgan fingerprint density at radius 2 is 1.78 bits per heavy atom. The van der Waals surface area contributed by atoms with Crippen LogP contribution in [-0.2, 0) is 19.1 Å². The van der Waals surface area contributed by atoms with Crippen molar-refractivity contribution in [2.45, 2.75) is 32.7 Å². The highest BCUT2D eigenvalue weighted by atomic mass is 19.2. The van der Waals surface area contributed by atoms with E-state index in [2.05, 4.69) is 10.4 Å². The van der Waals surface area contributed by atoms with Crippen molar-refractivity contribution in [3.8, 4) is 0 Å². The van der Waals surface area contributed by atoms with Crippen molar-refractivity contribution >= 4 is 29.2 Å². The molecule has 0 saturated carbocycles. The van der Waals surface area contributed by atoms with Crippen LogP contribution in [-0.4, -0.2) is 36.1 Å². The highest BCUT2D eigenvalue weighted by Crippen LogP contribution is 2.30. The number of esters is 1. The van der Waals surface area contributed by atoms with Gasteiger partial charge < -0.3 is 10.1 Å². The van der Waals surface area contributed by atoms with E-state index in [1.807, 2.05) is 0 Å². The molecule has 1 N–H and O–H groups in total. The number of carbonyl (C=O) groups excluding carboxylic acids is 3. The minimum atomic E-state index is -1.84. The van der Waals surface area contributed by atoms with Gasteiger partial charge in [-0.25, -0.2) is 22.4 Å². The fourth-order valence-electron chi connectivity index (χ4n) is 2.20. The van der Waals surface area contributed by atoms with Crippen LogP contribution >= 0.6 is 0 Å². The van der Waals surface area contributed by atoms with Crippen LogP contribution in [0.3, 0.4) is 0 Å². The molecule has 11 heteroatoms. The zero-order valence-corrected chi connectivity index (χ0v) is 14.3. The summed E-state index contributed by atoms with van der Waals surface area (Å²) in [5, 5.41) is 6.00. The molecule has 0 fully saturated rings. The number of rotatable bonds is 5. The predicted molar refractivity (Wildman–Crippen MR) is 84.7 cm³/mol. The maximum atomic E-state index is 13.9. The zero-order valence-electron chi connectivity index (χ0n) is 14.3. The third-order valence-electron chi connectivity index (χ3n) is 3.35. The van der Waals surface area contributed by atoms with Gasteiger partial charge in [0.2, 0.25) is 5.91 Å². The average molecular weight is 389 g/mol. The van der Waals surface area contributed by atoms with Crippen molar-refractivity contribution in [2.75, 3.05) is 11.6 Å². The molecule has 0 aromatic heterocycles. The summed E-state index contributed by atoms with van der Waals surface area (Å²) in [5.41, 5.74) is -1.81. The van der Waals surface area contributed by atoms with E-state index in [4.69, 9.17) is 4.74 Å². The summed E-state index contributed by atoms with van der Waals surface area (Å²) in [4.78, 5) is 35.3. The molecule has 1 aliphatic heterocycles. The van der Waals surface area contributed by atoms with Crippen LogP contribution in [0.4, 0.5) is 23.2 Å². The Balaban J connectivity index is 2.26. The monoisotopic (exact) mass is 389 g/mol. The van der Waals surface area contributed by atoms with Crippen molar-refractivity contribution < 1.29 is 36.7 Å². The molecule has 27 heavy (non-hydrogen) atoms. The lowest BCUT2D eigenvalue weighted by atomic mass is 10.1. The van der Waals surface area contributed by atoms with E-state index < -0.39 is 65.5 Å². The first-order valence-electron chi connectivity index (χ1n) is 7.81. The molecular weight excluding hydrogens is 374 g/mol. The first-order valence-corrected chi connectivity index (χ1v) is 7.81. The molecule has 0 aliphatic carbocycles. The van der Waals surface area contributed by atoms with Gasteiger partial charge in [0, 0.05) is 24.9 Å². The van der Waals surface area contributed by atoms with E-state index in [9.17, 15) is 31.9 Å². The van der Waals surface area contributed by atoms with Gasteiger partial charge in [-0.3, -0.25) is 9.59 Å². The fourth-order valence-corrected chi connectivity index (χ4v) is 2.20. The molecule has 0 atom stereocenters. The van der Waals surface area contributed by atoms with Crippen LogP contribution in [0.1, 0.15) is 26.7 Å².